The third-order valence-electron chi connectivity index (χ3n) is 9.26. The maximum atomic E-state index is 12.2. The number of rotatable bonds is 9. The van der Waals surface area contributed by atoms with Gasteiger partial charge in [-0.25, -0.2) is 4.98 Å². The summed E-state index contributed by atoms with van der Waals surface area (Å²) in [6, 6.07) is 19.8. The summed E-state index contributed by atoms with van der Waals surface area (Å²) >= 11 is 0. The van der Waals surface area contributed by atoms with Crippen molar-refractivity contribution >= 4 is 83.1 Å². The van der Waals surface area contributed by atoms with Gasteiger partial charge in [-0.1, -0.05) is 62.8 Å². The molecule has 0 amide bonds. The summed E-state index contributed by atoms with van der Waals surface area (Å²) in [5.74, 6) is 3.75. The second-order valence-electron chi connectivity index (χ2n) is 12.1. The number of H-pyrrole nitrogens is 1. The number of methoxy groups -OCH3 is 1. The van der Waals surface area contributed by atoms with Gasteiger partial charge in [0.15, 0.2) is 5.43 Å². The molecule has 2 aromatic heterocycles. The van der Waals surface area contributed by atoms with E-state index in [1.54, 1.807) is 13.2 Å². The molecule has 2 unspecified atom stereocenters. The van der Waals surface area contributed by atoms with Gasteiger partial charge in [0.2, 0.25) is 0 Å². The second-order valence-corrected chi connectivity index (χ2v) is 12.1. The van der Waals surface area contributed by atoms with Crippen molar-refractivity contribution in [1.82, 2.24) is 9.97 Å². The fraction of sp³-hybridized carbons (Fsp3) is 0.486. The standard InChI is InChI=1S/C18H25N3O.C17H23N3O.4ClH/c1-22-17-11-18(20-15-10-6-5-9-14(15)17)21-16(12-19)13-7-3-2-4-8-13;18-11-15(12-6-2-1-3-7-12)20-17-10-16(21)13-8-4-5-9-14(13)19-17;;;;/h5-6,9-11,13,16H,2-4,7-8,12,19H2,1H3,(H,20,21);4-5,8-10,12,15H,1-3,6-7,11,18H2,(H2,19,20,21);4*1H. The number of pyridine rings is 2. The van der Waals surface area contributed by atoms with Gasteiger partial charge in [0, 0.05) is 48.1 Å². The van der Waals surface area contributed by atoms with Crippen LogP contribution in [0.25, 0.3) is 21.8 Å². The number of benzene rings is 2. The van der Waals surface area contributed by atoms with Crippen LogP contribution in [0.5, 0.6) is 5.75 Å². The van der Waals surface area contributed by atoms with Crippen LogP contribution in [0.15, 0.2) is 65.5 Å². The Morgan fingerprint density at radius 3 is 1.87 bits per heavy atom. The van der Waals surface area contributed by atoms with Crippen molar-refractivity contribution in [2.24, 2.45) is 23.3 Å². The highest BCUT2D eigenvalue weighted by molar-refractivity contribution is 5.87. The molecule has 8 nitrogen and oxygen atoms in total. The van der Waals surface area contributed by atoms with Crippen molar-refractivity contribution in [3.05, 3.63) is 70.9 Å². The number of aromatic amines is 1. The average molecular weight is 731 g/mol. The molecule has 0 saturated heterocycles. The van der Waals surface area contributed by atoms with E-state index in [9.17, 15) is 4.79 Å². The van der Waals surface area contributed by atoms with E-state index in [1.807, 2.05) is 54.6 Å². The molecule has 2 atom stereocenters. The lowest BCUT2D eigenvalue weighted by Gasteiger charge is -2.30. The number of fused-ring (bicyclic) bond motifs is 2. The quantitative estimate of drug-likeness (QED) is 0.118. The summed E-state index contributed by atoms with van der Waals surface area (Å²) in [6.45, 7) is 1.24. The van der Waals surface area contributed by atoms with Gasteiger partial charge in [-0.05, 0) is 61.8 Å². The first-order valence-electron chi connectivity index (χ1n) is 16.1. The minimum Gasteiger partial charge on any atom is -0.496 e. The van der Waals surface area contributed by atoms with Crippen molar-refractivity contribution < 1.29 is 4.74 Å². The van der Waals surface area contributed by atoms with Crippen molar-refractivity contribution in [1.29, 1.82) is 0 Å². The zero-order valence-electron chi connectivity index (χ0n) is 27.1. The third kappa shape index (κ3) is 11.3. The lowest BCUT2D eigenvalue weighted by molar-refractivity contribution is 0.320. The highest BCUT2D eigenvalue weighted by Crippen LogP contribution is 2.31. The van der Waals surface area contributed by atoms with E-state index in [0.717, 1.165) is 39.2 Å². The van der Waals surface area contributed by atoms with Gasteiger partial charge in [-0.15, -0.1) is 49.6 Å². The number of hydrogen-bond acceptors (Lipinski definition) is 7. The lowest BCUT2D eigenvalue weighted by atomic mass is 9.84. The van der Waals surface area contributed by atoms with Gasteiger partial charge < -0.3 is 31.8 Å². The molecular formula is C35H52Cl4N6O2. The molecule has 2 heterocycles. The second kappa shape index (κ2) is 21.5. The summed E-state index contributed by atoms with van der Waals surface area (Å²) in [4.78, 5) is 20.2. The predicted molar refractivity (Wildman–Crippen MR) is 208 cm³/mol. The Morgan fingerprint density at radius 1 is 0.766 bits per heavy atom. The normalized spacial score (nSPS) is 16.1. The zero-order chi connectivity index (χ0) is 30.0. The number of nitrogens with zero attached hydrogens (tertiary/aromatic N) is 1. The average Bonchev–Trinajstić information content (AvgIpc) is 3.07. The van der Waals surface area contributed by atoms with Gasteiger partial charge in [0.25, 0.3) is 0 Å². The van der Waals surface area contributed by atoms with Crippen LogP contribution in [0.4, 0.5) is 11.6 Å². The Hall–Kier alpha value is -2.46. The first-order valence-corrected chi connectivity index (χ1v) is 16.1. The smallest absolute Gasteiger partial charge is 0.191 e. The van der Waals surface area contributed by atoms with Gasteiger partial charge in [-0.3, -0.25) is 4.79 Å². The van der Waals surface area contributed by atoms with E-state index in [-0.39, 0.29) is 61.1 Å². The first kappa shape index (κ1) is 42.6. The van der Waals surface area contributed by atoms with E-state index < -0.39 is 0 Å². The molecule has 7 N–H and O–H groups in total. The Morgan fingerprint density at radius 2 is 1.30 bits per heavy atom. The monoisotopic (exact) mass is 728 g/mol. The van der Waals surface area contributed by atoms with E-state index in [1.165, 1.54) is 64.2 Å². The van der Waals surface area contributed by atoms with Gasteiger partial charge in [0.1, 0.15) is 17.4 Å². The molecule has 262 valence electrons. The molecule has 12 heteroatoms. The summed E-state index contributed by atoms with van der Waals surface area (Å²) < 4.78 is 5.52. The minimum atomic E-state index is 0. The third-order valence-corrected chi connectivity index (χ3v) is 9.26. The molecule has 2 fully saturated rings. The minimum absolute atomic E-state index is 0. The molecule has 2 aliphatic carbocycles. The highest BCUT2D eigenvalue weighted by atomic mass is 35.5. The summed E-state index contributed by atoms with van der Waals surface area (Å²) in [5.41, 5.74) is 13.8. The number of ether oxygens (including phenoxy) is 1. The van der Waals surface area contributed by atoms with Gasteiger partial charge in [-0.2, -0.15) is 0 Å². The largest absolute Gasteiger partial charge is 0.496 e. The number of nitrogens with one attached hydrogen (secondary N) is 3. The van der Waals surface area contributed by atoms with Crippen LogP contribution in [0.2, 0.25) is 0 Å². The van der Waals surface area contributed by atoms with Crippen LogP contribution in [0.3, 0.4) is 0 Å². The number of aromatic nitrogens is 2. The molecule has 6 rings (SSSR count). The lowest BCUT2D eigenvalue weighted by Crippen LogP contribution is -2.37. The summed E-state index contributed by atoms with van der Waals surface area (Å²) in [6.07, 6.45) is 12.9. The van der Waals surface area contributed by atoms with Crippen LogP contribution in [-0.2, 0) is 0 Å². The zero-order valence-corrected chi connectivity index (χ0v) is 30.4. The van der Waals surface area contributed by atoms with Crippen LogP contribution in [0.1, 0.15) is 64.2 Å². The fourth-order valence-corrected chi connectivity index (χ4v) is 6.86. The number of para-hydroxylation sites is 2. The molecule has 2 aliphatic rings. The van der Waals surface area contributed by atoms with Crippen molar-refractivity contribution in [2.75, 3.05) is 30.8 Å². The van der Waals surface area contributed by atoms with E-state index >= 15 is 0 Å². The van der Waals surface area contributed by atoms with Crippen molar-refractivity contribution in [3.8, 4) is 5.75 Å². The van der Waals surface area contributed by atoms with Crippen molar-refractivity contribution in [3.63, 3.8) is 0 Å². The Kier molecular flexibility index (Phi) is 19.5. The maximum absolute atomic E-state index is 12.2. The SMILES string of the molecule is COc1cc(NC(CN)C2CCCCC2)nc2ccccc12.Cl.Cl.Cl.Cl.NCC(Nc1cc(=O)c2ccccc2[nH]1)C1CCCCC1. The van der Waals surface area contributed by atoms with Crippen LogP contribution >= 0.6 is 49.6 Å². The Bertz CT molecular complexity index is 1530. The maximum Gasteiger partial charge on any atom is 0.191 e. The summed E-state index contributed by atoms with van der Waals surface area (Å²) in [7, 11) is 1.70. The van der Waals surface area contributed by atoms with Crippen LogP contribution in [0, 0.1) is 11.8 Å². The van der Waals surface area contributed by atoms with E-state index in [4.69, 9.17) is 21.2 Å². The molecule has 4 aromatic rings. The fourth-order valence-electron chi connectivity index (χ4n) is 6.86. The van der Waals surface area contributed by atoms with E-state index in [2.05, 4.69) is 15.6 Å². The van der Waals surface area contributed by atoms with Crippen LogP contribution in [-0.4, -0.2) is 42.3 Å². The Labute approximate surface area is 303 Å². The summed E-state index contributed by atoms with van der Waals surface area (Å²) in [5, 5.41) is 8.77. The van der Waals surface area contributed by atoms with Gasteiger partial charge in [0.05, 0.1) is 18.1 Å². The number of hydrogen-bond donors (Lipinski definition) is 5. The molecule has 0 bridgehead atoms. The topological polar surface area (TPSA) is 131 Å². The molecule has 47 heavy (non-hydrogen) atoms. The molecule has 0 spiro atoms. The van der Waals surface area contributed by atoms with E-state index in [0.29, 0.717) is 31.0 Å². The van der Waals surface area contributed by atoms with Crippen LogP contribution < -0.4 is 32.3 Å². The highest BCUT2D eigenvalue weighted by Gasteiger charge is 2.24. The molecule has 2 saturated carbocycles. The molecular weight excluding hydrogens is 678 g/mol. The first-order chi connectivity index (χ1) is 21.1. The number of halogens is 4. The molecule has 0 radical (unpaired) electrons. The number of anilines is 2. The number of nitrogens with two attached hydrogens (primary N) is 2. The predicted octanol–water partition coefficient (Wildman–Crippen LogP) is 8.10. The van der Waals surface area contributed by atoms with Gasteiger partial charge >= 0.3 is 0 Å². The Balaban J connectivity index is 0.000000433. The molecule has 2 aromatic carbocycles. The van der Waals surface area contributed by atoms with Crippen molar-refractivity contribution in [2.45, 2.75) is 76.3 Å². The molecule has 0 aliphatic heterocycles.